The van der Waals surface area contributed by atoms with Crippen LogP contribution in [0.25, 0.3) is 0 Å². The second-order valence-corrected chi connectivity index (χ2v) is 3.03. The minimum Gasteiger partial charge on any atom is -0.497 e. The van der Waals surface area contributed by atoms with Gasteiger partial charge in [0.1, 0.15) is 11.5 Å². The van der Waals surface area contributed by atoms with Crippen molar-refractivity contribution in [1.82, 2.24) is 0 Å². The first-order chi connectivity index (χ1) is 7.22. The Labute approximate surface area is 89.6 Å². The lowest BCUT2D eigenvalue weighted by atomic mass is 10.1. The number of methoxy groups -OCH3 is 2. The van der Waals surface area contributed by atoms with Crippen molar-refractivity contribution in [1.29, 1.82) is 0 Å². The van der Waals surface area contributed by atoms with Crippen LogP contribution >= 0.6 is 0 Å². The molecule has 0 saturated heterocycles. The van der Waals surface area contributed by atoms with Gasteiger partial charge in [0.2, 0.25) is 0 Å². The van der Waals surface area contributed by atoms with Crippen molar-refractivity contribution in [2.24, 2.45) is 0 Å². The molecule has 0 aliphatic heterocycles. The van der Waals surface area contributed by atoms with E-state index in [1.165, 1.54) is 0 Å². The molecular formula is C12H14O3. The molecule has 80 valence electrons. The Morgan fingerprint density at radius 1 is 1.40 bits per heavy atom. The highest BCUT2D eigenvalue weighted by Crippen LogP contribution is 2.30. The van der Waals surface area contributed by atoms with E-state index in [-0.39, 0.29) is 6.42 Å². The largest absolute Gasteiger partial charge is 0.497 e. The van der Waals surface area contributed by atoms with Gasteiger partial charge in [-0.15, -0.1) is 12.3 Å². The first kappa shape index (κ1) is 11.4. The molecule has 1 aromatic carbocycles. The molecule has 1 unspecified atom stereocenters. The molecule has 0 spiro atoms. The fourth-order valence-electron chi connectivity index (χ4n) is 1.32. The number of benzene rings is 1. The van der Waals surface area contributed by atoms with Crippen molar-refractivity contribution < 1.29 is 14.6 Å². The molecule has 0 aromatic heterocycles. The van der Waals surface area contributed by atoms with Crippen LogP contribution in [0.15, 0.2) is 18.2 Å². The van der Waals surface area contributed by atoms with Crippen molar-refractivity contribution in [2.75, 3.05) is 14.2 Å². The highest BCUT2D eigenvalue weighted by Gasteiger charge is 2.12. The highest BCUT2D eigenvalue weighted by atomic mass is 16.5. The second-order valence-electron chi connectivity index (χ2n) is 3.03. The fraction of sp³-hybridized carbons (Fsp3) is 0.333. The van der Waals surface area contributed by atoms with Crippen molar-refractivity contribution in [2.45, 2.75) is 12.5 Å². The third-order valence-electron chi connectivity index (χ3n) is 2.11. The minimum atomic E-state index is -0.698. The molecule has 15 heavy (non-hydrogen) atoms. The number of ether oxygens (including phenoxy) is 2. The lowest BCUT2D eigenvalue weighted by molar-refractivity contribution is 0.179. The molecule has 0 amide bonds. The van der Waals surface area contributed by atoms with Gasteiger partial charge in [-0.05, 0) is 12.1 Å². The summed E-state index contributed by atoms with van der Waals surface area (Å²) in [5.74, 6) is 3.67. The van der Waals surface area contributed by atoms with Gasteiger partial charge < -0.3 is 14.6 Å². The number of rotatable bonds is 4. The second kappa shape index (κ2) is 5.28. The van der Waals surface area contributed by atoms with Gasteiger partial charge in [-0.25, -0.2) is 0 Å². The van der Waals surface area contributed by atoms with E-state index in [1.54, 1.807) is 32.4 Å². The average Bonchev–Trinajstić information content (AvgIpc) is 2.28. The van der Waals surface area contributed by atoms with E-state index < -0.39 is 6.10 Å². The van der Waals surface area contributed by atoms with Crippen LogP contribution in [0.3, 0.4) is 0 Å². The predicted octanol–water partition coefficient (Wildman–Crippen LogP) is 1.76. The normalized spacial score (nSPS) is 11.6. The SMILES string of the molecule is C#CCC(O)c1ccc(OC)cc1OC. The topological polar surface area (TPSA) is 38.7 Å². The third kappa shape index (κ3) is 2.64. The molecule has 0 fully saturated rings. The number of hydrogen-bond donors (Lipinski definition) is 1. The van der Waals surface area contributed by atoms with Gasteiger partial charge in [0.15, 0.2) is 0 Å². The van der Waals surface area contributed by atoms with Crippen LogP contribution in [-0.4, -0.2) is 19.3 Å². The van der Waals surface area contributed by atoms with Crippen molar-refractivity contribution in [3.63, 3.8) is 0 Å². The van der Waals surface area contributed by atoms with Crippen LogP contribution in [0.5, 0.6) is 11.5 Å². The Balaban J connectivity index is 3.02. The smallest absolute Gasteiger partial charge is 0.128 e. The quantitative estimate of drug-likeness (QED) is 0.763. The van der Waals surface area contributed by atoms with E-state index in [1.807, 2.05) is 0 Å². The molecule has 0 aliphatic rings. The Bertz CT molecular complexity index is 366. The molecule has 1 rings (SSSR count). The van der Waals surface area contributed by atoms with E-state index in [9.17, 15) is 5.11 Å². The molecule has 1 atom stereocenters. The summed E-state index contributed by atoms with van der Waals surface area (Å²) in [4.78, 5) is 0. The third-order valence-corrected chi connectivity index (χ3v) is 2.11. The molecule has 0 saturated carbocycles. The maximum atomic E-state index is 9.73. The summed E-state index contributed by atoms with van der Waals surface area (Å²) in [6.07, 6.45) is 4.71. The van der Waals surface area contributed by atoms with Crippen molar-refractivity contribution >= 4 is 0 Å². The first-order valence-electron chi connectivity index (χ1n) is 4.56. The summed E-state index contributed by atoms with van der Waals surface area (Å²) in [7, 11) is 3.12. The standard InChI is InChI=1S/C12H14O3/c1-4-5-11(13)10-7-6-9(14-2)8-12(10)15-3/h1,6-8,11,13H,5H2,2-3H3. The summed E-state index contributed by atoms with van der Waals surface area (Å²) >= 11 is 0. The Morgan fingerprint density at radius 3 is 2.67 bits per heavy atom. The van der Waals surface area contributed by atoms with Crippen LogP contribution < -0.4 is 9.47 Å². The van der Waals surface area contributed by atoms with E-state index in [2.05, 4.69) is 5.92 Å². The number of terminal acetylenes is 1. The summed E-state index contributed by atoms with van der Waals surface area (Å²) < 4.78 is 10.2. The van der Waals surface area contributed by atoms with Gasteiger partial charge in [-0.3, -0.25) is 0 Å². The predicted molar refractivity (Wildman–Crippen MR) is 58.0 cm³/mol. The van der Waals surface area contributed by atoms with Gasteiger partial charge in [0.05, 0.1) is 20.3 Å². The van der Waals surface area contributed by atoms with E-state index >= 15 is 0 Å². The lowest BCUT2D eigenvalue weighted by Gasteiger charge is -2.13. The molecule has 0 bridgehead atoms. The molecule has 0 radical (unpaired) electrons. The van der Waals surface area contributed by atoms with E-state index in [0.717, 1.165) is 0 Å². The number of hydrogen-bond acceptors (Lipinski definition) is 3. The minimum absolute atomic E-state index is 0.267. The zero-order chi connectivity index (χ0) is 11.3. The van der Waals surface area contributed by atoms with Gasteiger partial charge in [-0.2, -0.15) is 0 Å². The van der Waals surface area contributed by atoms with Crippen LogP contribution in [0.4, 0.5) is 0 Å². The van der Waals surface area contributed by atoms with Crippen LogP contribution in [0.1, 0.15) is 18.1 Å². The van der Waals surface area contributed by atoms with Crippen molar-refractivity contribution in [3.05, 3.63) is 23.8 Å². The monoisotopic (exact) mass is 206 g/mol. The van der Waals surface area contributed by atoms with E-state index in [4.69, 9.17) is 15.9 Å². The Kier molecular flexibility index (Phi) is 4.02. The van der Waals surface area contributed by atoms with Gasteiger partial charge in [-0.1, -0.05) is 0 Å². The molecule has 3 heteroatoms. The van der Waals surface area contributed by atoms with E-state index in [0.29, 0.717) is 17.1 Å². The Morgan fingerprint density at radius 2 is 2.13 bits per heavy atom. The summed E-state index contributed by atoms with van der Waals surface area (Å²) in [6.45, 7) is 0. The van der Waals surface area contributed by atoms with Crippen LogP contribution in [0.2, 0.25) is 0 Å². The maximum Gasteiger partial charge on any atom is 0.128 e. The van der Waals surface area contributed by atoms with Crippen molar-refractivity contribution in [3.8, 4) is 23.8 Å². The highest BCUT2D eigenvalue weighted by molar-refractivity contribution is 5.42. The molecule has 3 nitrogen and oxygen atoms in total. The first-order valence-corrected chi connectivity index (χ1v) is 4.56. The van der Waals surface area contributed by atoms with Gasteiger partial charge >= 0.3 is 0 Å². The molecule has 0 heterocycles. The molecule has 1 N–H and O–H groups in total. The molecule has 1 aromatic rings. The fourth-order valence-corrected chi connectivity index (χ4v) is 1.32. The van der Waals surface area contributed by atoms with Gasteiger partial charge in [0, 0.05) is 18.1 Å². The average molecular weight is 206 g/mol. The van der Waals surface area contributed by atoms with Crippen LogP contribution in [0, 0.1) is 12.3 Å². The summed E-state index contributed by atoms with van der Waals surface area (Å²) in [5.41, 5.74) is 0.677. The summed E-state index contributed by atoms with van der Waals surface area (Å²) in [5, 5.41) is 9.73. The maximum absolute atomic E-state index is 9.73. The summed E-state index contributed by atoms with van der Waals surface area (Å²) in [6, 6.07) is 5.23. The van der Waals surface area contributed by atoms with Gasteiger partial charge in [0.25, 0.3) is 0 Å². The zero-order valence-electron chi connectivity index (χ0n) is 8.86. The number of aliphatic hydroxyl groups excluding tert-OH is 1. The Hall–Kier alpha value is -1.66. The number of aliphatic hydroxyl groups is 1. The molecule has 0 aliphatic carbocycles. The lowest BCUT2D eigenvalue weighted by Crippen LogP contribution is -2.00. The zero-order valence-corrected chi connectivity index (χ0v) is 8.86. The molecular weight excluding hydrogens is 192 g/mol. The van der Waals surface area contributed by atoms with Crippen LogP contribution in [-0.2, 0) is 0 Å².